The highest BCUT2D eigenvalue weighted by Gasteiger charge is 2.46. The zero-order chi connectivity index (χ0) is 25.5. The summed E-state index contributed by atoms with van der Waals surface area (Å²) in [4.78, 5) is 21.0. The van der Waals surface area contributed by atoms with Gasteiger partial charge < -0.3 is 15.5 Å². The monoisotopic (exact) mass is 598 g/mol. The summed E-state index contributed by atoms with van der Waals surface area (Å²) in [6.07, 6.45) is 2.63. The fourth-order valence-electron chi connectivity index (χ4n) is 5.57. The van der Waals surface area contributed by atoms with Gasteiger partial charge in [-0.25, -0.2) is 9.59 Å². The molecule has 3 aliphatic rings. The van der Waals surface area contributed by atoms with Crippen LogP contribution in [0.3, 0.4) is 0 Å². The van der Waals surface area contributed by atoms with Crippen molar-refractivity contribution >= 4 is 34.5 Å². The molecule has 3 fully saturated rings. The van der Waals surface area contributed by atoms with Crippen LogP contribution in [0.1, 0.15) is 35.4 Å². The number of nitrogens with zero attached hydrogens (tertiary/aromatic N) is 1. The molecule has 0 saturated carbocycles. The summed E-state index contributed by atoms with van der Waals surface area (Å²) >= 11 is 2.46. The molecule has 0 spiro atoms. The molecule has 6 rings (SSSR count). The van der Waals surface area contributed by atoms with Crippen molar-refractivity contribution < 1.29 is 19.8 Å². The van der Waals surface area contributed by atoms with Gasteiger partial charge in [-0.1, -0.05) is 78.9 Å². The number of rotatable bonds is 6. The Morgan fingerprint density at radius 1 is 0.833 bits per heavy atom. The summed E-state index contributed by atoms with van der Waals surface area (Å²) in [5.74, 6) is -2.50. The maximum atomic E-state index is 9.10. The van der Waals surface area contributed by atoms with Crippen LogP contribution in [-0.4, -0.2) is 52.2 Å². The van der Waals surface area contributed by atoms with Gasteiger partial charge in [-0.3, -0.25) is 4.90 Å². The third-order valence-electron chi connectivity index (χ3n) is 7.20. The number of carbonyl (C=O) groups is 2. The van der Waals surface area contributed by atoms with Crippen LogP contribution in [0, 0.1) is 9.49 Å². The molecule has 7 heteroatoms. The van der Waals surface area contributed by atoms with Crippen LogP contribution >= 0.6 is 22.6 Å². The number of halogens is 1. The molecule has 2 bridgehead atoms. The first-order valence-corrected chi connectivity index (χ1v) is 13.3. The Labute approximate surface area is 225 Å². The second kappa shape index (κ2) is 12.5. The van der Waals surface area contributed by atoms with E-state index in [4.69, 9.17) is 19.8 Å². The van der Waals surface area contributed by atoms with E-state index in [-0.39, 0.29) is 0 Å². The summed E-state index contributed by atoms with van der Waals surface area (Å²) in [5.41, 5.74) is 4.27. The highest BCUT2D eigenvalue weighted by atomic mass is 127. The summed E-state index contributed by atoms with van der Waals surface area (Å²) in [6.45, 7) is 3.40. The van der Waals surface area contributed by atoms with Crippen molar-refractivity contribution in [1.82, 2.24) is 10.2 Å². The van der Waals surface area contributed by atoms with Gasteiger partial charge in [-0.15, -0.1) is 0 Å². The number of hydrogen-bond donors (Lipinski definition) is 3. The lowest BCUT2D eigenvalue weighted by Gasteiger charge is -2.54. The molecule has 0 aliphatic carbocycles. The molecule has 0 unspecified atom stereocenters. The average molecular weight is 598 g/mol. The maximum absolute atomic E-state index is 9.10. The summed E-state index contributed by atoms with van der Waals surface area (Å²) in [7, 11) is 0. The van der Waals surface area contributed by atoms with Gasteiger partial charge in [0.05, 0.1) is 0 Å². The lowest BCUT2D eigenvalue weighted by molar-refractivity contribution is -0.159. The number of carboxylic acid groups (broad SMARTS) is 2. The van der Waals surface area contributed by atoms with Gasteiger partial charge in [0.15, 0.2) is 0 Å². The van der Waals surface area contributed by atoms with Crippen LogP contribution in [0.15, 0.2) is 84.9 Å². The Bertz CT molecular complexity index is 1100. The second-order valence-electron chi connectivity index (χ2n) is 9.27. The molecule has 6 nitrogen and oxygen atoms in total. The quantitative estimate of drug-likeness (QED) is 0.278. The molecule has 3 aromatic carbocycles. The Hall–Kier alpha value is -2.75. The maximum Gasteiger partial charge on any atom is 0.414 e. The first-order valence-electron chi connectivity index (χ1n) is 12.2. The Morgan fingerprint density at radius 2 is 1.33 bits per heavy atom. The van der Waals surface area contributed by atoms with E-state index in [1.807, 2.05) is 0 Å². The lowest BCUT2D eigenvalue weighted by atomic mass is 9.70. The molecule has 0 aromatic heterocycles. The smallest absolute Gasteiger partial charge is 0.414 e. The van der Waals surface area contributed by atoms with Crippen molar-refractivity contribution in [2.24, 2.45) is 5.92 Å². The Kier molecular flexibility index (Phi) is 9.12. The number of nitrogens with one attached hydrogen (secondary N) is 1. The molecule has 0 amide bonds. The van der Waals surface area contributed by atoms with E-state index in [2.05, 4.69) is 118 Å². The number of hydrogen-bond acceptors (Lipinski definition) is 4. The van der Waals surface area contributed by atoms with E-state index in [0.29, 0.717) is 18.0 Å². The average Bonchev–Trinajstić information content (AvgIpc) is 2.91. The van der Waals surface area contributed by atoms with Gasteiger partial charge in [0.25, 0.3) is 0 Å². The molecule has 188 valence electrons. The van der Waals surface area contributed by atoms with Gasteiger partial charge in [-0.2, -0.15) is 0 Å². The largest absolute Gasteiger partial charge is 0.473 e. The third-order valence-corrected chi connectivity index (χ3v) is 8.25. The molecule has 2 atom stereocenters. The van der Waals surface area contributed by atoms with Crippen LogP contribution in [0.25, 0.3) is 0 Å². The standard InChI is InChI=1S/C27H29IN2.C2H2O4/c28-24-14-8-7-13-23(24)19-29-26-22-15-17-30(18-16-22)27(26)25(20-9-3-1-4-10-20)21-11-5-2-6-12-21;3-1(4)2(5)6/h1-14,22,25-27,29H,15-19H2;(H,3,4)(H,5,6)/t26-,27-;/m0./s1. The summed E-state index contributed by atoms with van der Waals surface area (Å²) in [6, 6.07) is 32.1. The number of fused-ring (bicyclic) bond motifs is 3. The topological polar surface area (TPSA) is 89.9 Å². The van der Waals surface area contributed by atoms with Crippen molar-refractivity contribution in [3.63, 3.8) is 0 Å². The van der Waals surface area contributed by atoms with Gasteiger partial charge in [0.2, 0.25) is 0 Å². The van der Waals surface area contributed by atoms with E-state index in [1.54, 1.807) is 0 Å². The second-order valence-corrected chi connectivity index (χ2v) is 10.4. The van der Waals surface area contributed by atoms with Gasteiger partial charge in [0.1, 0.15) is 0 Å². The van der Waals surface area contributed by atoms with Gasteiger partial charge >= 0.3 is 11.9 Å². The third kappa shape index (κ3) is 6.32. The van der Waals surface area contributed by atoms with Crippen LogP contribution in [-0.2, 0) is 16.1 Å². The summed E-state index contributed by atoms with van der Waals surface area (Å²) < 4.78 is 1.35. The molecular weight excluding hydrogens is 567 g/mol. The van der Waals surface area contributed by atoms with Crippen LogP contribution < -0.4 is 5.32 Å². The molecule has 3 saturated heterocycles. The fraction of sp³-hybridized carbons (Fsp3) is 0.310. The Morgan fingerprint density at radius 3 is 1.83 bits per heavy atom. The van der Waals surface area contributed by atoms with Crippen molar-refractivity contribution in [2.75, 3.05) is 13.1 Å². The molecule has 0 radical (unpaired) electrons. The van der Waals surface area contributed by atoms with E-state index in [0.717, 1.165) is 12.5 Å². The molecular formula is C29H31IN2O4. The zero-order valence-corrected chi connectivity index (χ0v) is 22.1. The summed E-state index contributed by atoms with van der Waals surface area (Å²) in [5, 5.41) is 18.8. The van der Waals surface area contributed by atoms with E-state index in [1.165, 1.54) is 46.2 Å². The highest BCUT2D eigenvalue weighted by Crippen LogP contribution is 2.42. The van der Waals surface area contributed by atoms with E-state index < -0.39 is 11.9 Å². The Balaban J connectivity index is 0.000000455. The van der Waals surface area contributed by atoms with Crippen molar-refractivity contribution in [1.29, 1.82) is 0 Å². The number of aliphatic carboxylic acids is 2. The van der Waals surface area contributed by atoms with Crippen LogP contribution in [0.5, 0.6) is 0 Å². The SMILES string of the molecule is Ic1ccccc1CN[C@H]1C2CCN(CC2)[C@H]1C(c1ccccc1)c1ccccc1.O=C(O)C(=O)O. The van der Waals surface area contributed by atoms with E-state index in [9.17, 15) is 0 Å². The first-order chi connectivity index (χ1) is 17.5. The van der Waals surface area contributed by atoms with E-state index >= 15 is 0 Å². The number of piperidine rings is 3. The van der Waals surface area contributed by atoms with Crippen LogP contribution in [0.2, 0.25) is 0 Å². The highest BCUT2D eigenvalue weighted by molar-refractivity contribution is 14.1. The normalized spacial score (nSPS) is 22.5. The molecule has 3 heterocycles. The number of carboxylic acids is 2. The minimum atomic E-state index is -1.82. The molecule has 36 heavy (non-hydrogen) atoms. The molecule has 3 aromatic rings. The zero-order valence-electron chi connectivity index (χ0n) is 20.0. The predicted molar refractivity (Wildman–Crippen MR) is 148 cm³/mol. The minimum Gasteiger partial charge on any atom is -0.473 e. The van der Waals surface area contributed by atoms with Crippen molar-refractivity contribution in [3.8, 4) is 0 Å². The minimum absolute atomic E-state index is 0.392. The lowest BCUT2D eigenvalue weighted by Crippen LogP contribution is -2.64. The van der Waals surface area contributed by atoms with Crippen molar-refractivity contribution in [3.05, 3.63) is 105 Å². The number of benzene rings is 3. The van der Waals surface area contributed by atoms with Crippen molar-refractivity contribution in [2.45, 2.75) is 37.4 Å². The van der Waals surface area contributed by atoms with Gasteiger partial charge in [0, 0.05) is 28.1 Å². The molecule has 3 aliphatic heterocycles. The fourth-order valence-corrected chi connectivity index (χ4v) is 6.14. The molecule has 3 N–H and O–H groups in total. The first kappa shape index (κ1) is 26.3. The van der Waals surface area contributed by atoms with Crippen LogP contribution in [0.4, 0.5) is 0 Å². The predicted octanol–water partition coefficient (Wildman–Crippen LogP) is 4.83. The van der Waals surface area contributed by atoms with Gasteiger partial charge in [-0.05, 0) is 77.2 Å².